The summed E-state index contributed by atoms with van der Waals surface area (Å²) in [6.07, 6.45) is 5.80. The van der Waals surface area contributed by atoms with Gasteiger partial charge in [0.1, 0.15) is 24.3 Å². The molecule has 4 rings (SSSR count). The van der Waals surface area contributed by atoms with Crippen molar-refractivity contribution in [2.24, 2.45) is 0 Å². The second-order valence-corrected chi connectivity index (χ2v) is 9.21. The Morgan fingerprint density at radius 1 is 1.06 bits per heavy atom. The van der Waals surface area contributed by atoms with Crippen LogP contribution in [-0.2, 0) is 10.4 Å². The van der Waals surface area contributed by atoms with Crippen molar-refractivity contribution in [2.45, 2.75) is 37.4 Å². The number of likely N-dealkylation sites (tertiary alicyclic amines) is 2. The highest BCUT2D eigenvalue weighted by Gasteiger charge is 2.34. The first-order chi connectivity index (χ1) is 16.4. The molecule has 2 aromatic rings. The second-order valence-electron chi connectivity index (χ2n) is 9.21. The van der Waals surface area contributed by atoms with E-state index in [4.69, 9.17) is 4.74 Å². The highest BCUT2D eigenvalue weighted by Crippen LogP contribution is 2.33. The maximum atomic E-state index is 13.2. The van der Waals surface area contributed by atoms with E-state index in [1.807, 2.05) is 29.2 Å². The summed E-state index contributed by atoms with van der Waals surface area (Å²) in [6.45, 7) is 3.44. The number of halogens is 1. The summed E-state index contributed by atoms with van der Waals surface area (Å²) in [7, 11) is 0. The number of β-amino-alcohol motifs (C(OH)–C–C–N with tert-alkyl or cyclic N) is 1. The first-order valence-electron chi connectivity index (χ1n) is 12.0. The number of hydrogen-bond acceptors (Lipinski definition) is 5. The summed E-state index contributed by atoms with van der Waals surface area (Å²) in [5.41, 5.74) is 0.554. The Bertz CT molecular complexity index is 980. The largest absolute Gasteiger partial charge is 0.490 e. The van der Waals surface area contributed by atoms with Crippen LogP contribution in [0.2, 0.25) is 0 Å². The number of aliphatic hydroxyl groups excluding tert-OH is 1. The Morgan fingerprint density at radius 2 is 1.74 bits per heavy atom. The van der Waals surface area contributed by atoms with Crippen molar-refractivity contribution in [3.05, 3.63) is 71.6 Å². The second kappa shape index (κ2) is 11.1. The Kier molecular flexibility index (Phi) is 7.98. The summed E-state index contributed by atoms with van der Waals surface area (Å²) < 4.78 is 19.1. The van der Waals surface area contributed by atoms with Crippen LogP contribution in [0.4, 0.5) is 4.39 Å². The Labute approximate surface area is 200 Å². The number of carbonyl (C=O) groups excluding carboxylic acids is 1. The summed E-state index contributed by atoms with van der Waals surface area (Å²) in [5.74, 6) is 0.317. The smallest absolute Gasteiger partial charge is 0.246 e. The van der Waals surface area contributed by atoms with Crippen LogP contribution in [0.25, 0.3) is 6.08 Å². The fraction of sp³-hybridized carbons (Fsp3) is 0.444. The van der Waals surface area contributed by atoms with E-state index in [9.17, 15) is 19.4 Å². The highest BCUT2D eigenvalue weighted by molar-refractivity contribution is 5.92. The van der Waals surface area contributed by atoms with Crippen molar-refractivity contribution in [2.75, 3.05) is 39.3 Å². The van der Waals surface area contributed by atoms with Crippen LogP contribution in [-0.4, -0.2) is 71.4 Å². The molecule has 2 aromatic carbocycles. The van der Waals surface area contributed by atoms with E-state index < -0.39 is 11.7 Å². The number of para-hydroxylation sites is 1. The van der Waals surface area contributed by atoms with Crippen LogP contribution < -0.4 is 4.74 Å². The minimum Gasteiger partial charge on any atom is -0.490 e. The Balaban J connectivity index is 1.26. The lowest BCUT2D eigenvalue weighted by atomic mass is 9.84. The van der Waals surface area contributed by atoms with Gasteiger partial charge < -0.3 is 24.7 Å². The highest BCUT2D eigenvalue weighted by atomic mass is 19.1. The molecule has 0 radical (unpaired) electrons. The zero-order valence-corrected chi connectivity index (χ0v) is 19.4. The molecule has 2 aliphatic rings. The van der Waals surface area contributed by atoms with Crippen molar-refractivity contribution in [1.82, 2.24) is 9.80 Å². The van der Waals surface area contributed by atoms with Crippen LogP contribution >= 0.6 is 0 Å². The zero-order chi connectivity index (χ0) is 24.0. The monoisotopic (exact) mass is 468 g/mol. The van der Waals surface area contributed by atoms with Gasteiger partial charge in [0, 0.05) is 44.4 Å². The number of carbonyl (C=O) groups is 1. The van der Waals surface area contributed by atoms with Gasteiger partial charge in [-0.2, -0.15) is 0 Å². The molecule has 1 unspecified atom stereocenters. The summed E-state index contributed by atoms with van der Waals surface area (Å²) >= 11 is 0. The molecular weight excluding hydrogens is 435 g/mol. The van der Waals surface area contributed by atoms with Crippen molar-refractivity contribution in [3.63, 3.8) is 0 Å². The lowest BCUT2D eigenvalue weighted by Crippen LogP contribution is -2.46. The van der Waals surface area contributed by atoms with Crippen molar-refractivity contribution in [3.8, 4) is 5.75 Å². The van der Waals surface area contributed by atoms with Gasteiger partial charge in [-0.25, -0.2) is 4.39 Å². The van der Waals surface area contributed by atoms with Gasteiger partial charge in [0.25, 0.3) is 0 Å². The van der Waals surface area contributed by atoms with Crippen LogP contribution in [0, 0.1) is 5.82 Å². The maximum Gasteiger partial charge on any atom is 0.246 e. The molecule has 2 aliphatic heterocycles. The van der Waals surface area contributed by atoms with Gasteiger partial charge in [-0.05, 0) is 55.5 Å². The molecule has 2 heterocycles. The normalized spacial score (nSPS) is 19.4. The Hall–Kier alpha value is -2.74. The minimum absolute atomic E-state index is 0.0121. The molecule has 0 spiro atoms. The number of benzene rings is 2. The first kappa shape index (κ1) is 24.4. The van der Waals surface area contributed by atoms with Gasteiger partial charge in [0.05, 0.1) is 5.60 Å². The topological polar surface area (TPSA) is 73.2 Å². The number of hydrogen-bond donors (Lipinski definition) is 2. The van der Waals surface area contributed by atoms with Crippen LogP contribution in [0.1, 0.15) is 36.8 Å². The SMILES string of the molecule is O=C(C=Cc1ccccc1OCC(O)CN1CCC(O)(c2ccc(F)cc2)CC1)N1CCCC1. The van der Waals surface area contributed by atoms with E-state index >= 15 is 0 Å². The molecule has 34 heavy (non-hydrogen) atoms. The van der Waals surface area contributed by atoms with E-state index in [2.05, 4.69) is 4.90 Å². The van der Waals surface area contributed by atoms with Crippen molar-refractivity contribution in [1.29, 1.82) is 0 Å². The number of amides is 1. The molecule has 6 nitrogen and oxygen atoms in total. The third-order valence-electron chi connectivity index (χ3n) is 6.71. The van der Waals surface area contributed by atoms with Gasteiger partial charge >= 0.3 is 0 Å². The van der Waals surface area contributed by atoms with Gasteiger partial charge in [-0.1, -0.05) is 30.3 Å². The molecule has 182 valence electrons. The molecule has 0 saturated carbocycles. The number of aliphatic hydroxyl groups is 2. The van der Waals surface area contributed by atoms with Crippen molar-refractivity contribution < 1.29 is 24.1 Å². The average Bonchev–Trinajstić information content (AvgIpc) is 3.39. The van der Waals surface area contributed by atoms with Crippen LogP contribution in [0.5, 0.6) is 5.75 Å². The number of piperidine rings is 1. The predicted molar refractivity (Wildman–Crippen MR) is 129 cm³/mol. The lowest BCUT2D eigenvalue weighted by molar-refractivity contribution is -0.124. The third kappa shape index (κ3) is 6.23. The maximum absolute atomic E-state index is 13.2. The van der Waals surface area contributed by atoms with Gasteiger partial charge in [-0.15, -0.1) is 0 Å². The summed E-state index contributed by atoms with van der Waals surface area (Å²) in [4.78, 5) is 16.2. The molecule has 2 N–H and O–H groups in total. The van der Waals surface area contributed by atoms with E-state index in [1.165, 1.54) is 12.1 Å². The van der Waals surface area contributed by atoms with Crippen molar-refractivity contribution >= 4 is 12.0 Å². The number of nitrogens with zero attached hydrogens (tertiary/aromatic N) is 2. The van der Waals surface area contributed by atoms with E-state index in [-0.39, 0.29) is 18.3 Å². The molecule has 0 aliphatic carbocycles. The molecule has 1 amide bonds. The third-order valence-corrected chi connectivity index (χ3v) is 6.71. The molecule has 0 aromatic heterocycles. The van der Waals surface area contributed by atoms with E-state index in [1.54, 1.807) is 24.3 Å². The predicted octanol–water partition coefficient (Wildman–Crippen LogP) is 3.18. The fourth-order valence-corrected chi connectivity index (χ4v) is 4.64. The molecular formula is C27H33FN2O4. The lowest BCUT2D eigenvalue weighted by Gasteiger charge is -2.39. The van der Waals surface area contributed by atoms with E-state index in [0.29, 0.717) is 38.2 Å². The molecule has 2 saturated heterocycles. The molecule has 7 heteroatoms. The molecule has 0 bridgehead atoms. The van der Waals surface area contributed by atoms with E-state index in [0.717, 1.165) is 37.1 Å². The molecule has 2 fully saturated rings. The van der Waals surface area contributed by atoms with Gasteiger partial charge in [0.15, 0.2) is 0 Å². The van der Waals surface area contributed by atoms with Crippen LogP contribution in [0.3, 0.4) is 0 Å². The summed E-state index contributed by atoms with van der Waals surface area (Å²) in [6, 6.07) is 13.5. The van der Waals surface area contributed by atoms with Crippen LogP contribution in [0.15, 0.2) is 54.6 Å². The zero-order valence-electron chi connectivity index (χ0n) is 19.4. The fourth-order valence-electron chi connectivity index (χ4n) is 4.64. The number of ether oxygens (including phenoxy) is 1. The Morgan fingerprint density at radius 3 is 2.44 bits per heavy atom. The minimum atomic E-state index is -0.969. The standard InChI is InChI=1S/C27H33FN2O4/c28-23-10-8-22(9-11-23)27(33)13-17-29(18-14-27)19-24(31)20-34-25-6-2-1-5-21(25)7-12-26(32)30-15-3-4-16-30/h1-2,5-12,24,31,33H,3-4,13-20H2. The molecule has 1 atom stereocenters. The van der Waals surface area contributed by atoms with Gasteiger partial charge in [-0.3, -0.25) is 4.79 Å². The average molecular weight is 469 g/mol. The number of rotatable bonds is 8. The summed E-state index contributed by atoms with van der Waals surface area (Å²) in [5, 5.41) is 21.5. The van der Waals surface area contributed by atoms with Gasteiger partial charge in [0.2, 0.25) is 5.91 Å². The quantitative estimate of drug-likeness (QED) is 0.583. The first-order valence-corrected chi connectivity index (χ1v) is 12.0.